The summed E-state index contributed by atoms with van der Waals surface area (Å²) in [5, 5.41) is 13.8. The van der Waals surface area contributed by atoms with Crippen LogP contribution in [0.25, 0.3) is 10.9 Å². The molecule has 4 rings (SSSR count). The maximum Gasteiger partial charge on any atom is 0.230 e. The van der Waals surface area contributed by atoms with Gasteiger partial charge in [-0.25, -0.2) is 0 Å². The van der Waals surface area contributed by atoms with Crippen LogP contribution < -0.4 is 5.32 Å². The summed E-state index contributed by atoms with van der Waals surface area (Å²) in [7, 11) is 0. The number of aromatic nitrogens is 3. The van der Waals surface area contributed by atoms with Crippen LogP contribution in [-0.4, -0.2) is 21.1 Å². The first-order valence-electron chi connectivity index (χ1n) is 7.40. The molecule has 2 N–H and O–H groups in total. The fourth-order valence-electron chi connectivity index (χ4n) is 2.67. The number of carbonyl (C=O) groups excluding carboxylic acids is 1. The fourth-order valence-corrected chi connectivity index (χ4v) is 3.60. The Balaban J connectivity index is 1.51. The third kappa shape index (κ3) is 2.50. The Labute approximate surface area is 131 Å². The number of para-hydroxylation sites is 1. The average molecular weight is 312 g/mol. The van der Waals surface area contributed by atoms with Gasteiger partial charge >= 0.3 is 0 Å². The molecule has 112 valence electrons. The van der Waals surface area contributed by atoms with Crippen LogP contribution in [-0.2, 0) is 11.2 Å². The summed E-state index contributed by atoms with van der Waals surface area (Å²) >= 11 is 1.49. The van der Waals surface area contributed by atoms with Crippen molar-refractivity contribution < 1.29 is 4.79 Å². The molecule has 5 nitrogen and oxygen atoms in total. The highest BCUT2D eigenvalue weighted by atomic mass is 32.1. The molecule has 3 aromatic rings. The maximum absolute atomic E-state index is 12.3. The number of aromatic amines is 1. The Morgan fingerprint density at radius 2 is 2.18 bits per heavy atom. The van der Waals surface area contributed by atoms with Crippen LogP contribution in [0.1, 0.15) is 35.0 Å². The first kappa shape index (κ1) is 13.5. The minimum atomic E-state index is -0.0497. The molecular weight excluding hydrogens is 296 g/mol. The Hall–Kier alpha value is -2.21. The van der Waals surface area contributed by atoms with E-state index in [1.54, 1.807) is 0 Å². The van der Waals surface area contributed by atoms with Gasteiger partial charge in [0.05, 0.1) is 6.42 Å². The van der Waals surface area contributed by atoms with Gasteiger partial charge < -0.3 is 10.3 Å². The van der Waals surface area contributed by atoms with Crippen molar-refractivity contribution >= 4 is 33.3 Å². The molecule has 1 aliphatic rings. The Kier molecular flexibility index (Phi) is 3.18. The third-order valence-corrected chi connectivity index (χ3v) is 4.98. The van der Waals surface area contributed by atoms with E-state index in [-0.39, 0.29) is 5.91 Å². The summed E-state index contributed by atoms with van der Waals surface area (Å²) in [5.41, 5.74) is 3.14. The number of nitrogens with one attached hydrogen (secondary N) is 2. The molecular formula is C16H16N4OS. The molecule has 0 aliphatic heterocycles. The van der Waals surface area contributed by atoms with E-state index in [1.807, 2.05) is 31.2 Å². The molecule has 0 saturated heterocycles. The first-order valence-corrected chi connectivity index (χ1v) is 8.22. The number of benzene rings is 1. The average Bonchev–Trinajstić information content (AvgIpc) is 3.18. The molecule has 0 unspecified atom stereocenters. The highest BCUT2D eigenvalue weighted by Gasteiger charge is 2.27. The summed E-state index contributed by atoms with van der Waals surface area (Å²) < 4.78 is 0. The topological polar surface area (TPSA) is 70.7 Å². The summed E-state index contributed by atoms with van der Waals surface area (Å²) in [6, 6.07) is 8.04. The molecule has 1 amide bonds. The second-order valence-electron chi connectivity index (χ2n) is 5.72. The highest BCUT2D eigenvalue weighted by Crippen LogP contribution is 2.42. The predicted molar refractivity (Wildman–Crippen MR) is 87.3 cm³/mol. The molecule has 6 heteroatoms. The van der Waals surface area contributed by atoms with Crippen LogP contribution in [0, 0.1) is 6.92 Å². The number of hydrogen-bond acceptors (Lipinski definition) is 4. The fraction of sp³-hybridized carbons (Fsp3) is 0.312. The van der Waals surface area contributed by atoms with Gasteiger partial charge in [0.15, 0.2) is 0 Å². The summed E-state index contributed by atoms with van der Waals surface area (Å²) in [4.78, 5) is 15.6. The van der Waals surface area contributed by atoms with Crippen molar-refractivity contribution in [3.05, 3.63) is 40.5 Å². The van der Waals surface area contributed by atoms with E-state index in [2.05, 4.69) is 20.5 Å². The third-order valence-electron chi connectivity index (χ3n) is 3.98. The number of fused-ring (bicyclic) bond motifs is 1. The van der Waals surface area contributed by atoms with E-state index in [1.165, 1.54) is 24.2 Å². The van der Waals surface area contributed by atoms with Crippen LogP contribution in [0.3, 0.4) is 0 Å². The monoisotopic (exact) mass is 312 g/mol. The molecule has 0 spiro atoms. The number of H-pyrrole nitrogens is 1. The lowest BCUT2D eigenvalue weighted by Crippen LogP contribution is -2.14. The van der Waals surface area contributed by atoms with Gasteiger partial charge in [0, 0.05) is 22.5 Å². The van der Waals surface area contributed by atoms with Crippen LogP contribution in [0.4, 0.5) is 5.13 Å². The van der Waals surface area contributed by atoms with E-state index < -0.39 is 0 Å². The molecule has 1 aliphatic carbocycles. The lowest BCUT2D eigenvalue weighted by Gasteiger charge is -2.02. The highest BCUT2D eigenvalue weighted by molar-refractivity contribution is 7.15. The number of aryl methyl sites for hydroxylation is 1. The molecule has 1 aromatic carbocycles. The van der Waals surface area contributed by atoms with Crippen molar-refractivity contribution in [2.45, 2.75) is 32.1 Å². The molecule has 1 fully saturated rings. The van der Waals surface area contributed by atoms with Gasteiger partial charge in [-0.2, -0.15) is 0 Å². The van der Waals surface area contributed by atoms with Crippen molar-refractivity contribution in [2.75, 3.05) is 5.32 Å². The number of amides is 1. The van der Waals surface area contributed by atoms with Gasteiger partial charge in [0.2, 0.25) is 11.0 Å². The number of hydrogen-bond donors (Lipinski definition) is 2. The second kappa shape index (κ2) is 5.21. The van der Waals surface area contributed by atoms with Gasteiger partial charge in [0.1, 0.15) is 5.01 Å². The molecule has 0 atom stereocenters. The maximum atomic E-state index is 12.3. The van der Waals surface area contributed by atoms with Gasteiger partial charge in [-0.05, 0) is 31.4 Å². The second-order valence-corrected chi connectivity index (χ2v) is 6.73. The zero-order valence-electron chi connectivity index (χ0n) is 12.2. The number of nitrogens with zero attached hydrogens (tertiary/aromatic N) is 2. The quantitative estimate of drug-likeness (QED) is 0.776. The number of anilines is 1. The van der Waals surface area contributed by atoms with Gasteiger partial charge in [-0.3, -0.25) is 4.79 Å². The lowest BCUT2D eigenvalue weighted by atomic mass is 10.1. The molecule has 2 heterocycles. The SMILES string of the molecule is Cc1[nH]c2ccccc2c1CC(=O)Nc1nnc(C2CC2)s1. The van der Waals surface area contributed by atoms with Crippen molar-refractivity contribution in [3.8, 4) is 0 Å². The van der Waals surface area contributed by atoms with E-state index in [4.69, 9.17) is 0 Å². The molecule has 1 saturated carbocycles. The van der Waals surface area contributed by atoms with Gasteiger partial charge in [-0.15, -0.1) is 10.2 Å². The molecule has 2 aromatic heterocycles. The number of rotatable bonds is 4. The Bertz CT molecular complexity index is 847. The predicted octanol–water partition coefficient (Wildman–Crippen LogP) is 3.39. The number of carbonyl (C=O) groups is 1. The Morgan fingerprint density at radius 3 is 3.00 bits per heavy atom. The largest absolute Gasteiger partial charge is 0.358 e. The van der Waals surface area contributed by atoms with Crippen LogP contribution in [0.15, 0.2) is 24.3 Å². The smallest absolute Gasteiger partial charge is 0.230 e. The van der Waals surface area contributed by atoms with Crippen LogP contribution in [0.2, 0.25) is 0 Å². The zero-order valence-corrected chi connectivity index (χ0v) is 13.0. The van der Waals surface area contributed by atoms with Crippen molar-refractivity contribution in [3.63, 3.8) is 0 Å². The minimum absolute atomic E-state index is 0.0497. The molecule has 0 radical (unpaired) electrons. The molecule has 22 heavy (non-hydrogen) atoms. The minimum Gasteiger partial charge on any atom is -0.358 e. The van der Waals surface area contributed by atoms with E-state index in [9.17, 15) is 4.79 Å². The lowest BCUT2D eigenvalue weighted by molar-refractivity contribution is -0.115. The standard InChI is InChI=1S/C16H16N4OS/c1-9-12(11-4-2-3-5-13(11)17-9)8-14(21)18-16-20-19-15(22-16)10-6-7-10/h2-5,10,17H,6-8H2,1H3,(H,18,20,21). The Morgan fingerprint density at radius 1 is 1.36 bits per heavy atom. The van der Waals surface area contributed by atoms with Crippen molar-refractivity contribution in [2.24, 2.45) is 0 Å². The van der Waals surface area contributed by atoms with Crippen LogP contribution >= 0.6 is 11.3 Å². The van der Waals surface area contributed by atoms with Crippen molar-refractivity contribution in [1.82, 2.24) is 15.2 Å². The van der Waals surface area contributed by atoms with E-state index >= 15 is 0 Å². The first-order chi connectivity index (χ1) is 10.7. The summed E-state index contributed by atoms with van der Waals surface area (Å²) in [5.74, 6) is 0.519. The van der Waals surface area contributed by atoms with Gasteiger partial charge in [-0.1, -0.05) is 29.5 Å². The summed E-state index contributed by atoms with van der Waals surface area (Å²) in [6.45, 7) is 2.00. The van der Waals surface area contributed by atoms with E-state index in [0.717, 1.165) is 27.2 Å². The summed E-state index contributed by atoms with van der Waals surface area (Å²) in [6.07, 6.45) is 2.72. The van der Waals surface area contributed by atoms with Crippen LogP contribution in [0.5, 0.6) is 0 Å². The normalized spacial score (nSPS) is 14.4. The van der Waals surface area contributed by atoms with Gasteiger partial charge in [0.25, 0.3) is 0 Å². The van der Waals surface area contributed by atoms with Crippen molar-refractivity contribution in [1.29, 1.82) is 0 Å². The molecule has 0 bridgehead atoms. The van der Waals surface area contributed by atoms with E-state index in [0.29, 0.717) is 17.5 Å². The zero-order chi connectivity index (χ0) is 15.1.